The molecule has 1 fully saturated rings. The van der Waals surface area contributed by atoms with Gasteiger partial charge in [-0.15, -0.1) is 0 Å². The van der Waals surface area contributed by atoms with Gasteiger partial charge in [-0.1, -0.05) is 6.07 Å². The summed E-state index contributed by atoms with van der Waals surface area (Å²) in [5.74, 6) is -1.28. The van der Waals surface area contributed by atoms with Crippen LogP contribution in [0.25, 0.3) is 0 Å². The lowest BCUT2D eigenvalue weighted by molar-refractivity contribution is 0.109. The summed E-state index contributed by atoms with van der Waals surface area (Å²) in [6.45, 7) is 1.10. The van der Waals surface area contributed by atoms with Crippen molar-refractivity contribution in [3.63, 3.8) is 0 Å². The molecule has 2 aliphatic rings. The van der Waals surface area contributed by atoms with Crippen LogP contribution in [0.15, 0.2) is 30.5 Å². The summed E-state index contributed by atoms with van der Waals surface area (Å²) in [4.78, 5) is 16.8. The largest absolute Gasteiger partial charge is 0.376 e. The average molecular weight is 359 g/mol. The lowest BCUT2D eigenvalue weighted by Gasteiger charge is -2.43. The van der Waals surface area contributed by atoms with Crippen LogP contribution in [-0.4, -0.2) is 17.6 Å². The quantitative estimate of drug-likeness (QED) is 0.880. The Morgan fingerprint density at radius 2 is 2.00 bits per heavy atom. The number of urea groups is 1. The summed E-state index contributed by atoms with van der Waals surface area (Å²) in [5.41, 5.74) is 1.34. The molecule has 1 aliphatic heterocycles. The zero-order valence-electron chi connectivity index (χ0n) is 14.1. The number of nitrogens with zero attached hydrogens (tertiary/aromatic N) is 1. The third-order valence-corrected chi connectivity index (χ3v) is 5.06. The number of hydrogen-bond acceptors (Lipinski definition) is 3. The van der Waals surface area contributed by atoms with Crippen LogP contribution in [0.2, 0.25) is 0 Å². The number of hydrogen-bond donors (Lipinski definition) is 2. The molecule has 2 N–H and O–H groups in total. The van der Waals surface area contributed by atoms with E-state index in [0.29, 0.717) is 31.7 Å². The Bertz CT molecular complexity index is 832. The molecule has 0 unspecified atom stereocenters. The SMILES string of the molecule is O=C(Nc1cnc2c(c1)COCC2)NC1(c2c(F)cccc2F)CCC1. The van der Waals surface area contributed by atoms with E-state index in [1.54, 1.807) is 6.20 Å². The van der Waals surface area contributed by atoms with Gasteiger partial charge in [0.1, 0.15) is 11.6 Å². The lowest BCUT2D eigenvalue weighted by atomic mass is 9.71. The van der Waals surface area contributed by atoms with E-state index in [9.17, 15) is 13.6 Å². The van der Waals surface area contributed by atoms with E-state index < -0.39 is 23.2 Å². The molecular formula is C19H19F2N3O2. The number of rotatable bonds is 3. The second-order valence-corrected chi connectivity index (χ2v) is 6.74. The van der Waals surface area contributed by atoms with E-state index in [1.165, 1.54) is 18.2 Å². The van der Waals surface area contributed by atoms with Crippen LogP contribution >= 0.6 is 0 Å². The number of nitrogens with one attached hydrogen (secondary N) is 2. The zero-order valence-corrected chi connectivity index (χ0v) is 14.1. The smallest absolute Gasteiger partial charge is 0.319 e. The molecular weight excluding hydrogens is 340 g/mol. The van der Waals surface area contributed by atoms with Gasteiger partial charge >= 0.3 is 6.03 Å². The predicted octanol–water partition coefficient (Wildman–Crippen LogP) is 3.63. The van der Waals surface area contributed by atoms with Crippen molar-refractivity contribution in [2.75, 3.05) is 11.9 Å². The first-order valence-electron chi connectivity index (χ1n) is 8.67. The topological polar surface area (TPSA) is 63.2 Å². The minimum absolute atomic E-state index is 0.0710. The minimum Gasteiger partial charge on any atom is -0.376 e. The maximum absolute atomic E-state index is 14.2. The van der Waals surface area contributed by atoms with Crippen LogP contribution in [0.4, 0.5) is 19.3 Å². The molecule has 0 saturated heterocycles. The number of aromatic nitrogens is 1. The molecule has 1 aliphatic carbocycles. The predicted molar refractivity (Wildman–Crippen MR) is 91.6 cm³/mol. The van der Waals surface area contributed by atoms with Crippen molar-refractivity contribution >= 4 is 11.7 Å². The average Bonchev–Trinajstić information content (AvgIpc) is 2.59. The third-order valence-electron chi connectivity index (χ3n) is 5.06. The fraction of sp³-hybridized carbons (Fsp3) is 0.368. The lowest BCUT2D eigenvalue weighted by Crippen LogP contribution is -2.53. The van der Waals surface area contributed by atoms with E-state index in [2.05, 4.69) is 15.6 Å². The second kappa shape index (κ2) is 6.64. The van der Waals surface area contributed by atoms with Gasteiger partial charge in [0.15, 0.2) is 0 Å². The van der Waals surface area contributed by atoms with Crippen molar-refractivity contribution in [1.29, 1.82) is 0 Å². The van der Waals surface area contributed by atoms with Gasteiger partial charge in [-0.05, 0) is 37.5 Å². The molecule has 0 atom stereocenters. The van der Waals surface area contributed by atoms with Crippen LogP contribution in [0.5, 0.6) is 0 Å². The van der Waals surface area contributed by atoms with Crippen molar-refractivity contribution < 1.29 is 18.3 Å². The molecule has 0 bridgehead atoms. The summed E-state index contributed by atoms with van der Waals surface area (Å²) in [7, 11) is 0. The minimum atomic E-state index is -1.01. The van der Waals surface area contributed by atoms with E-state index in [0.717, 1.165) is 24.1 Å². The fourth-order valence-electron chi connectivity index (χ4n) is 3.61. The van der Waals surface area contributed by atoms with E-state index in [-0.39, 0.29) is 5.56 Å². The molecule has 1 aromatic carbocycles. The second-order valence-electron chi connectivity index (χ2n) is 6.74. The zero-order chi connectivity index (χ0) is 18.1. The number of pyridine rings is 1. The van der Waals surface area contributed by atoms with E-state index in [4.69, 9.17) is 4.74 Å². The Hall–Kier alpha value is -2.54. The Kier molecular flexibility index (Phi) is 4.32. The molecule has 0 spiro atoms. The molecule has 7 heteroatoms. The van der Waals surface area contributed by atoms with Gasteiger partial charge in [0.05, 0.1) is 30.6 Å². The van der Waals surface area contributed by atoms with Gasteiger partial charge < -0.3 is 15.4 Å². The summed E-state index contributed by atoms with van der Waals surface area (Å²) in [5, 5.41) is 5.48. The first kappa shape index (κ1) is 16.9. The molecule has 0 radical (unpaired) electrons. The Morgan fingerprint density at radius 3 is 2.69 bits per heavy atom. The number of halogens is 2. The summed E-state index contributed by atoms with van der Waals surface area (Å²) in [6, 6.07) is 5.06. The number of carbonyl (C=O) groups is 1. The molecule has 5 nitrogen and oxygen atoms in total. The molecule has 2 amide bonds. The van der Waals surface area contributed by atoms with Gasteiger partial charge in [0.25, 0.3) is 0 Å². The first-order valence-corrected chi connectivity index (χ1v) is 8.67. The van der Waals surface area contributed by atoms with Gasteiger partial charge in [-0.2, -0.15) is 0 Å². The van der Waals surface area contributed by atoms with Crippen molar-refractivity contribution in [2.24, 2.45) is 0 Å². The summed E-state index contributed by atoms with van der Waals surface area (Å²) in [6.07, 6.45) is 4.12. The molecule has 136 valence electrons. The number of fused-ring (bicyclic) bond motifs is 1. The van der Waals surface area contributed by atoms with Gasteiger partial charge in [-0.25, -0.2) is 13.6 Å². The maximum Gasteiger partial charge on any atom is 0.319 e. The molecule has 2 aromatic rings. The fourth-order valence-corrected chi connectivity index (χ4v) is 3.61. The Labute approximate surface area is 149 Å². The number of ether oxygens (including phenoxy) is 1. The molecule has 1 saturated carbocycles. The van der Waals surface area contributed by atoms with Gasteiger partial charge in [-0.3, -0.25) is 4.98 Å². The molecule has 2 heterocycles. The van der Waals surface area contributed by atoms with Gasteiger partial charge in [0, 0.05) is 23.2 Å². The van der Waals surface area contributed by atoms with Crippen LogP contribution < -0.4 is 10.6 Å². The Morgan fingerprint density at radius 1 is 1.23 bits per heavy atom. The highest BCUT2D eigenvalue weighted by atomic mass is 19.1. The van der Waals surface area contributed by atoms with Gasteiger partial charge in [0.2, 0.25) is 0 Å². The van der Waals surface area contributed by atoms with Crippen LogP contribution in [0.1, 0.15) is 36.1 Å². The van der Waals surface area contributed by atoms with Crippen LogP contribution in [-0.2, 0) is 23.3 Å². The number of anilines is 1. The van der Waals surface area contributed by atoms with Crippen LogP contribution in [0, 0.1) is 11.6 Å². The highest BCUT2D eigenvalue weighted by Crippen LogP contribution is 2.43. The van der Waals surface area contributed by atoms with Crippen molar-refractivity contribution in [3.05, 3.63) is 58.9 Å². The molecule has 26 heavy (non-hydrogen) atoms. The Balaban J connectivity index is 1.52. The number of carbonyl (C=O) groups excluding carboxylic acids is 1. The number of amides is 2. The normalized spacial score (nSPS) is 17.8. The highest BCUT2D eigenvalue weighted by Gasteiger charge is 2.44. The highest BCUT2D eigenvalue weighted by molar-refractivity contribution is 5.90. The first-order chi connectivity index (χ1) is 12.6. The van der Waals surface area contributed by atoms with E-state index in [1.807, 2.05) is 6.07 Å². The van der Waals surface area contributed by atoms with Crippen molar-refractivity contribution in [2.45, 2.75) is 37.8 Å². The van der Waals surface area contributed by atoms with Crippen molar-refractivity contribution in [3.8, 4) is 0 Å². The summed E-state index contributed by atoms with van der Waals surface area (Å²) >= 11 is 0. The summed E-state index contributed by atoms with van der Waals surface area (Å²) < 4.78 is 33.8. The third kappa shape index (κ3) is 3.03. The van der Waals surface area contributed by atoms with Crippen LogP contribution in [0.3, 0.4) is 0 Å². The maximum atomic E-state index is 14.2. The number of benzene rings is 1. The monoisotopic (exact) mass is 359 g/mol. The molecule has 1 aromatic heterocycles. The standard InChI is InChI=1S/C19H19F2N3O2/c20-14-3-1-4-15(21)17(14)19(6-2-7-19)24-18(25)23-13-9-12-11-26-8-5-16(12)22-10-13/h1,3-4,9-10H,2,5-8,11H2,(H2,23,24,25). The van der Waals surface area contributed by atoms with E-state index >= 15 is 0 Å². The van der Waals surface area contributed by atoms with Crippen molar-refractivity contribution in [1.82, 2.24) is 10.3 Å². The molecule has 4 rings (SSSR count).